The number of nitrogens with zero attached hydrogens (tertiary/aromatic N) is 1. The first-order chi connectivity index (χ1) is 42.6. The van der Waals surface area contributed by atoms with Crippen molar-refractivity contribution in [2.75, 3.05) is 47.5 Å². The van der Waals surface area contributed by atoms with Crippen molar-refractivity contribution in [2.24, 2.45) is 0 Å². The highest BCUT2D eigenvalue weighted by atomic mass is 16.7. The molecule has 9 heteroatoms. The van der Waals surface area contributed by atoms with E-state index in [4.69, 9.17) is 18.9 Å². The minimum atomic E-state index is -1.51. The fourth-order valence-corrected chi connectivity index (χ4v) is 10.0. The number of carboxylic acids is 1. The number of esters is 2. The van der Waals surface area contributed by atoms with Gasteiger partial charge in [-0.05, 0) is 103 Å². The van der Waals surface area contributed by atoms with Gasteiger partial charge in [-0.25, -0.2) is 4.79 Å². The number of rotatable bonds is 66. The molecule has 0 aliphatic rings. The Hall–Kier alpha value is -4.05. The van der Waals surface area contributed by atoms with E-state index >= 15 is 0 Å². The summed E-state index contributed by atoms with van der Waals surface area (Å²) in [5.41, 5.74) is 0. The number of carboxylic acid groups (broad SMARTS) is 1. The lowest BCUT2D eigenvalue weighted by Crippen LogP contribution is -2.40. The maximum absolute atomic E-state index is 13.0. The molecule has 0 fully saturated rings. The molecule has 87 heavy (non-hydrogen) atoms. The van der Waals surface area contributed by atoms with E-state index in [0.29, 0.717) is 17.4 Å². The second-order valence-corrected chi connectivity index (χ2v) is 25.2. The van der Waals surface area contributed by atoms with Gasteiger partial charge in [0.05, 0.1) is 34.4 Å². The van der Waals surface area contributed by atoms with Crippen molar-refractivity contribution in [1.29, 1.82) is 0 Å². The molecule has 0 rings (SSSR count). The molecule has 0 aliphatic heterocycles. The van der Waals surface area contributed by atoms with E-state index in [-0.39, 0.29) is 32.2 Å². The molecular weight excluding hydrogens is 1080 g/mol. The fourth-order valence-electron chi connectivity index (χ4n) is 10.0. The molecule has 500 valence electrons. The number of unbranched alkanes of at least 4 members (excludes halogenated alkanes) is 33. The molecule has 1 N–H and O–H groups in total. The van der Waals surface area contributed by atoms with Gasteiger partial charge in [0.15, 0.2) is 6.10 Å². The maximum atomic E-state index is 13.0. The van der Waals surface area contributed by atoms with Gasteiger partial charge in [0, 0.05) is 12.8 Å². The first-order valence-electron chi connectivity index (χ1n) is 36.1. The molecule has 0 saturated carbocycles. The standard InChI is InChI=1S/C78H135NO8/c1-6-8-10-12-14-16-18-20-22-24-26-28-30-31-32-33-34-35-36-37-38-39-40-41-42-43-44-45-47-49-51-53-55-57-59-61-63-65-67-69-76(81)87-74(73-86-78(77(82)83)84-71-70-79(3,4)5)72-85-75(80)68-66-64-62-60-58-56-54-52-50-48-46-29-27-25-23-21-19-17-15-13-11-9-7-2/h8,10,14,16,20,22,25-28,31-32,34-35,37-38,40-41,74,78H,6-7,9,11-13,15,17-19,21,23-24,29-30,33,36,39,42-73H2,1-5H3/p+1/b10-8-,16-14-,22-20-,27-25-,28-26-,32-31-,35-34-,38-37-,41-40-. The number of aliphatic carboxylic acids is 1. The van der Waals surface area contributed by atoms with Crippen molar-refractivity contribution >= 4 is 17.9 Å². The Bertz CT molecular complexity index is 1800. The minimum absolute atomic E-state index is 0.184. The summed E-state index contributed by atoms with van der Waals surface area (Å²) in [4.78, 5) is 37.6. The van der Waals surface area contributed by atoms with Crippen LogP contribution in [0.4, 0.5) is 0 Å². The van der Waals surface area contributed by atoms with E-state index in [1.165, 1.54) is 193 Å². The third kappa shape index (κ3) is 69.3. The van der Waals surface area contributed by atoms with Gasteiger partial charge in [-0.1, -0.05) is 303 Å². The van der Waals surface area contributed by atoms with Gasteiger partial charge >= 0.3 is 17.9 Å². The first kappa shape index (κ1) is 83.0. The van der Waals surface area contributed by atoms with Crippen LogP contribution in [-0.4, -0.2) is 87.4 Å². The zero-order valence-electron chi connectivity index (χ0n) is 57.2. The van der Waals surface area contributed by atoms with Crippen molar-refractivity contribution in [2.45, 2.75) is 322 Å². The normalized spacial score (nSPS) is 13.3. The third-order valence-electron chi connectivity index (χ3n) is 15.5. The van der Waals surface area contributed by atoms with Gasteiger partial charge < -0.3 is 28.5 Å². The van der Waals surface area contributed by atoms with Crippen LogP contribution in [0.15, 0.2) is 109 Å². The average molecular weight is 1220 g/mol. The van der Waals surface area contributed by atoms with Gasteiger partial charge in [-0.15, -0.1) is 0 Å². The molecule has 2 atom stereocenters. The highest BCUT2D eigenvalue weighted by Crippen LogP contribution is 2.17. The van der Waals surface area contributed by atoms with E-state index < -0.39 is 24.3 Å². The number of quaternary nitrogens is 1. The third-order valence-corrected chi connectivity index (χ3v) is 15.5. The highest BCUT2D eigenvalue weighted by Gasteiger charge is 2.25. The number of hydrogen-bond acceptors (Lipinski definition) is 7. The number of allylic oxidation sites excluding steroid dienone is 18. The van der Waals surface area contributed by atoms with Crippen LogP contribution in [0.2, 0.25) is 0 Å². The Morgan fingerprint density at radius 3 is 0.989 bits per heavy atom. The van der Waals surface area contributed by atoms with Gasteiger partial charge in [0.25, 0.3) is 6.29 Å². The molecule has 0 radical (unpaired) electrons. The lowest BCUT2D eigenvalue weighted by molar-refractivity contribution is -0.870. The zero-order valence-corrected chi connectivity index (χ0v) is 57.2. The van der Waals surface area contributed by atoms with Crippen LogP contribution in [0, 0.1) is 0 Å². The Morgan fingerprint density at radius 1 is 0.356 bits per heavy atom. The molecule has 0 heterocycles. The molecule has 0 amide bonds. The molecule has 9 nitrogen and oxygen atoms in total. The largest absolute Gasteiger partial charge is 0.477 e. The molecule has 0 saturated heterocycles. The summed E-state index contributed by atoms with van der Waals surface area (Å²) in [6.07, 6.45) is 92.0. The van der Waals surface area contributed by atoms with Crippen LogP contribution in [0.5, 0.6) is 0 Å². The molecule has 0 aromatic carbocycles. The zero-order chi connectivity index (χ0) is 63.3. The van der Waals surface area contributed by atoms with Crippen LogP contribution in [0.1, 0.15) is 309 Å². The molecule has 0 bridgehead atoms. The Labute approximate surface area is 536 Å². The second-order valence-electron chi connectivity index (χ2n) is 25.2. The average Bonchev–Trinajstić information content (AvgIpc) is 3.55. The second kappa shape index (κ2) is 67.9. The monoisotopic (exact) mass is 1220 g/mol. The first-order valence-corrected chi connectivity index (χ1v) is 36.1. The van der Waals surface area contributed by atoms with Gasteiger partial charge in [-0.3, -0.25) is 9.59 Å². The Kier molecular flexibility index (Phi) is 64.7. The van der Waals surface area contributed by atoms with Gasteiger partial charge in [0.1, 0.15) is 13.2 Å². The fraction of sp³-hybridized carbons (Fsp3) is 0.731. The molecule has 0 aliphatic carbocycles. The van der Waals surface area contributed by atoms with Crippen molar-refractivity contribution in [3.05, 3.63) is 109 Å². The predicted molar refractivity (Wildman–Crippen MR) is 373 cm³/mol. The summed E-state index contributed by atoms with van der Waals surface area (Å²) in [6, 6.07) is 0. The minimum Gasteiger partial charge on any atom is -0.477 e. The summed E-state index contributed by atoms with van der Waals surface area (Å²) in [6.45, 7) is 4.79. The van der Waals surface area contributed by atoms with Crippen LogP contribution in [0.3, 0.4) is 0 Å². The summed E-state index contributed by atoms with van der Waals surface area (Å²) >= 11 is 0. The molecule has 0 aromatic heterocycles. The van der Waals surface area contributed by atoms with Crippen LogP contribution in [-0.2, 0) is 33.3 Å². The van der Waals surface area contributed by atoms with Gasteiger partial charge in [-0.2, -0.15) is 0 Å². The van der Waals surface area contributed by atoms with Crippen LogP contribution < -0.4 is 0 Å². The number of carbonyl (C=O) groups excluding carboxylic acids is 2. The maximum Gasteiger partial charge on any atom is 0.361 e. The smallest absolute Gasteiger partial charge is 0.361 e. The lowest BCUT2D eigenvalue weighted by atomic mass is 10.0. The van der Waals surface area contributed by atoms with E-state index in [1.54, 1.807) is 0 Å². The van der Waals surface area contributed by atoms with E-state index in [2.05, 4.69) is 123 Å². The number of hydrogen-bond donors (Lipinski definition) is 1. The topological polar surface area (TPSA) is 108 Å². The van der Waals surface area contributed by atoms with Gasteiger partial charge in [0.2, 0.25) is 0 Å². The lowest BCUT2D eigenvalue weighted by Gasteiger charge is -2.25. The Balaban J connectivity index is 4.09. The van der Waals surface area contributed by atoms with Crippen molar-refractivity contribution in [1.82, 2.24) is 0 Å². The summed E-state index contributed by atoms with van der Waals surface area (Å²) in [5.74, 6) is -2.00. The summed E-state index contributed by atoms with van der Waals surface area (Å²) < 4.78 is 23.0. The van der Waals surface area contributed by atoms with Crippen molar-refractivity contribution < 1.29 is 42.9 Å². The number of likely N-dealkylation sites (N-methyl/N-ethyl adjacent to an activating group) is 1. The predicted octanol–water partition coefficient (Wildman–Crippen LogP) is 22.6. The molecule has 2 unspecified atom stereocenters. The van der Waals surface area contributed by atoms with E-state index in [0.717, 1.165) is 89.9 Å². The SMILES string of the molecule is CC/C=C\C/C=C\C/C=C\C/C=C\C/C=C\C/C=C\C/C=C\C/C=C\CCCCCCCCCCCCCCCCC(=O)OC(COC(=O)CCCCCCCCCCCCC/C=C\CCCCCCCCCC)COC(OCC[N+](C)(C)C)C(=O)O. The molecule has 0 spiro atoms. The summed E-state index contributed by atoms with van der Waals surface area (Å²) in [5, 5.41) is 9.75. The van der Waals surface area contributed by atoms with Crippen molar-refractivity contribution in [3.63, 3.8) is 0 Å². The van der Waals surface area contributed by atoms with E-state index in [9.17, 15) is 19.5 Å². The molecular formula is C78H136NO8+. The molecule has 0 aromatic rings. The van der Waals surface area contributed by atoms with Crippen LogP contribution in [0.25, 0.3) is 0 Å². The van der Waals surface area contributed by atoms with Crippen LogP contribution >= 0.6 is 0 Å². The highest BCUT2D eigenvalue weighted by molar-refractivity contribution is 5.71. The van der Waals surface area contributed by atoms with E-state index in [1.807, 2.05) is 21.1 Å². The number of ether oxygens (including phenoxy) is 4. The Morgan fingerprint density at radius 2 is 0.655 bits per heavy atom. The van der Waals surface area contributed by atoms with Crippen molar-refractivity contribution in [3.8, 4) is 0 Å². The number of carbonyl (C=O) groups is 3. The summed E-state index contributed by atoms with van der Waals surface area (Å²) in [7, 11) is 5.98. The quantitative estimate of drug-likeness (QED) is 0.0211.